The first-order chi connectivity index (χ1) is 7.63. The number of hydrogen-bond acceptors (Lipinski definition) is 5. The molecule has 0 aliphatic carbocycles. The maximum atomic E-state index is 12.4. The summed E-state index contributed by atoms with van der Waals surface area (Å²) in [5.74, 6) is -1.20. The summed E-state index contributed by atoms with van der Waals surface area (Å²) < 4.78 is 36.4. The molecule has 0 fully saturated rings. The Balaban J connectivity index is 2.40. The monoisotopic (exact) mass is 268 g/mol. The molecule has 8 heteroatoms. The smallest absolute Gasteiger partial charge is 0.301 e. The minimum Gasteiger partial charge on any atom is -0.411 e. The number of rotatable bonds is 5. The molecule has 88 valence electrons. The fourth-order valence-electron chi connectivity index (χ4n) is 0.776. The zero-order valence-corrected chi connectivity index (χ0v) is 9.49. The molecule has 1 aromatic heterocycles. The lowest BCUT2D eigenvalue weighted by atomic mass is 10.4. The first kappa shape index (κ1) is 13.0. The third-order valence-corrected chi connectivity index (χ3v) is 3.53. The van der Waals surface area contributed by atoms with Crippen molar-refractivity contribution in [1.82, 2.24) is 4.98 Å². The zero-order valence-electron chi connectivity index (χ0n) is 7.86. The van der Waals surface area contributed by atoms with Crippen molar-refractivity contribution in [3.63, 3.8) is 0 Å². The van der Waals surface area contributed by atoms with Crippen LogP contribution in [0.15, 0.2) is 27.6 Å². The van der Waals surface area contributed by atoms with Gasteiger partial charge in [0.15, 0.2) is 5.83 Å². The largest absolute Gasteiger partial charge is 0.411 e. The summed E-state index contributed by atoms with van der Waals surface area (Å²) in [5.41, 5.74) is 0. The van der Waals surface area contributed by atoms with Crippen LogP contribution in [0, 0.1) is 0 Å². The standard InChI is InChI=1S/C8H7F3N2OS2/c9-6(7(10)11)1-2-15-8-12-3-5(16-8)4-13-14/h3-4,14H,1-2H2. The van der Waals surface area contributed by atoms with E-state index in [1.807, 2.05) is 0 Å². The van der Waals surface area contributed by atoms with E-state index in [0.29, 0.717) is 9.22 Å². The van der Waals surface area contributed by atoms with Gasteiger partial charge in [0.05, 0.1) is 11.1 Å². The van der Waals surface area contributed by atoms with Crippen molar-refractivity contribution in [1.29, 1.82) is 0 Å². The second-order valence-corrected chi connectivity index (χ2v) is 4.94. The van der Waals surface area contributed by atoms with Crippen LogP contribution in [0.1, 0.15) is 11.3 Å². The third kappa shape index (κ3) is 4.23. The van der Waals surface area contributed by atoms with Gasteiger partial charge in [0.1, 0.15) is 4.34 Å². The molecule has 1 heterocycles. The van der Waals surface area contributed by atoms with E-state index in [-0.39, 0.29) is 12.2 Å². The predicted octanol–water partition coefficient (Wildman–Crippen LogP) is 3.51. The van der Waals surface area contributed by atoms with Crippen LogP contribution in [0.4, 0.5) is 13.2 Å². The fraction of sp³-hybridized carbons (Fsp3) is 0.250. The number of halogens is 3. The number of allylic oxidation sites excluding steroid dienone is 1. The van der Waals surface area contributed by atoms with Crippen LogP contribution in [-0.2, 0) is 0 Å². The van der Waals surface area contributed by atoms with Gasteiger partial charge >= 0.3 is 6.08 Å². The average molecular weight is 268 g/mol. The Labute approximate surface area is 97.7 Å². The summed E-state index contributed by atoms with van der Waals surface area (Å²) in [6.45, 7) is 0. The number of thioether (sulfide) groups is 1. The Morgan fingerprint density at radius 2 is 2.31 bits per heavy atom. The van der Waals surface area contributed by atoms with Gasteiger partial charge in [-0.25, -0.2) is 9.37 Å². The average Bonchev–Trinajstić information content (AvgIpc) is 2.66. The number of thiazole rings is 1. The van der Waals surface area contributed by atoms with Crippen LogP contribution in [0.2, 0.25) is 0 Å². The minimum absolute atomic E-state index is 0.187. The first-order valence-electron chi connectivity index (χ1n) is 4.09. The van der Waals surface area contributed by atoms with E-state index < -0.39 is 11.9 Å². The van der Waals surface area contributed by atoms with Crippen LogP contribution < -0.4 is 0 Å². The van der Waals surface area contributed by atoms with Gasteiger partial charge in [0.25, 0.3) is 0 Å². The van der Waals surface area contributed by atoms with Gasteiger partial charge < -0.3 is 5.21 Å². The van der Waals surface area contributed by atoms with E-state index in [2.05, 4.69) is 10.1 Å². The SMILES string of the molecule is ON=Cc1cnc(SCCC(F)=C(F)F)s1. The van der Waals surface area contributed by atoms with Crippen molar-refractivity contribution in [2.75, 3.05) is 5.75 Å². The molecule has 0 bridgehead atoms. The maximum Gasteiger partial charge on any atom is 0.301 e. The van der Waals surface area contributed by atoms with Gasteiger partial charge in [-0.05, 0) is 0 Å². The van der Waals surface area contributed by atoms with Crippen molar-refractivity contribution in [2.24, 2.45) is 5.16 Å². The van der Waals surface area contributed by atoms with Crippen molar-refractivity contribution >= 4 is 29.3 Å². The highest BCUT2D eigenvalue weighted by atomic mass is 32.2. The highest BCUT2D eigenvalue weighted by Crippen LogP contribution is 2.26. The van der Waals surface area contributed by atoms with Crippen LogP contribution in [0.25, 0.3) is 0 Å². The molecule has 1 N–H and O–H groups in total. The number of oxime groups is 1. The van der Waals surface area contributed by atoms with E-state index in [0.717, 1.165) is 0 Å². The summed E-state index contributed by atoms with van der Waals surface area (Å²) in [7, 11) is 0. The molecule has 0 aliphatic heterocycles. The van der Waals surface area contributed by atoms with Gasteiger partial charge in [-0.2, -0.15) is 8.78 Å². The zero-order chi connectivity index (χ0) is 12.0. The van der Waals surface area contributed by atoms with E-state index in [9.17, 15) is 13.2 Å². The molecule has 0 amide bonds. The van der Waals surface area contributed by atoms with Gasteiger partial charge in [-0.3, -0.25) is 0 Å². The summed E-state index contributed by atoms with van der Waals surface area (Å²) in [6, 6.07) is 0. The van der Waals surface area contributed by atoms with Gasteiger partial charge in [0, 0.05) is 18.4 Å². The van der Waals surface area contributed by atoms with Gasteiger partial charge in [-0.1, -0.05) is 16.9 Å². The summed E-state index contributed by atoms with van der Waals surface area (Å²) in [5, 5.41) is 11.1. The Morgan fingerprint density at radius 3 is 2.94 bits per heavy atom. The van der Waals surface area contributed by atoms with Gasteiger partial charge in [0.2, 0.25) is 0 Å². The van der Waals surface area contributed by atoms with Crippen molar-refractivity contribution < 1.29 is 18.4 Å². The molecule has 16 heavy (non-hydrogen) atoms. The number of hydrogen-bond donors (Lipinski definition) is 1. The Morgan fingerprint density at radius 1 is 1.56 bits per heavy atom. The first-order valence-corrected chi connectivity index (χ1v) is 5.89. The Bertz CT molecular complexity index is 402. The van der Waals surface area contributed by atoms with Crippen molar-refractivity contribution in [3.8, 4) is 0 Å². The molecular formula is C8H7F3N2OS2. The quantitative estimate of drug-likeness (QED) is 0.384. The highest BCUT2D eigenvalue weighted by molar-refractivity contribution is 8.01. The second kappa shape index (κ2) is 6.54. The lowest BCUT2D eigenvalue weighted by Gasteiger charge is -1.94. The third-order valence-electron chi connectivity index (χ3n) is 1.44. The van der Waals surface area contributed by atoms with Crippen molar-refractivity contribution in [3.05, 3.63) is 23.0 Å². The normalized spacial score (nSPS) is 10.9. The highest BCUT2D eigenvalue weighted by Gasteiger charge is 2.06. The minimum atomic E-state index is -2.27. The summed E-state index contributed by atoms with van der Waals surface area (Å²) in [4.78, 5) is 4.57. The lowest BCUT2D eigenvalue weighted by molar-refractivity contribution is 0.322. The van der Waals surface area contributed by atoms with Crippen LogP contribution >= 0.6 is 23.1 Å². The van der Waals surface area contributed by atoms with Gasteiger partial charge in [-0.15, -0.1) is 11.3 Å². The molecule has 1 rings (SSSR count). The molecule has 3 nitrogen and oxygen atoms in total. The van der Waals surface area contributed by atoms with E-state index in [1.165, 1.54) is 35.5 Å². The molecule has 1 aromatic rings. The fourth-order valence-corrected chi connectivity index (χ4v) is 2.65. The van der Waals surface area contributed by atoms with Crippen molar-refractivity contribution in [2.45, 2.75) is 10.8 Å². The predicted molar refractivity (Wildman–Crippen MR) is 57.2 cm³/mol. The molecule has 0 unspecified atom stereocenters. The maximum absolute atomic E-state index is 12.4. The molecular weight excluding hydrogens is 261 g/mol. The number of nitrogens with zero attached hydrogens (tertiary/aromatic N) is 2. The molecule has 0 spiro atoms. The summed E-state index contributed by atoms with van der Waals surface area (Å²) in [6.07, 6.45) is 0.0986. The van der Waals surface area contributed by atoms with E-state index >= 15 is 0 Å². The Kier molecular flexibility index (Phi) is 5.33. The Hall–Kier alpha value is -1.02. The molecule has 0 aromatic carbocycles. The summed E-state index contributed by atoms with van der Waals surface area (Å²) >= 11 is 2.40. The number of aromatic nitrogens is 1. The molecule has 0 saturated heterocycles. The molecule has 0 atom stereocenters. The topological polar surface area (TPSA) is 45.5 Å². The van der Waals surface area contributed by atoms with E-state index in [1.54, 1.807) is 0 Å². The molecule has 0 radical (unpaired) electrons. The molecule has 0 aliphatic rings. The van der Waals surface area contributed by atoms with E-state index in [4.69, 9.17) is 5.21 Å². The second-order valence-electron chi connectivity index (χ2n) is 2.54. The van der Waals surface area contributed by atoms with Crippen LogP contribution in [0.5, 0.6) is 0 Å². The van der Waals surface area contributed by atoms with Crippen LogP contribution in [0.3, 0.4) is 0 Å². The van der Waals surface area contributed by atoms with Crippen LogP contribution in [-0.4, -0.2) is 22.2 Å². The lowest BCUT2D eigenvalue weighted by Crippen LogP contribution is -1.81. The molecule has 0 saturated carbocycles.